The van der Waals surface area contributed by atoms with Gasteiger partial charge < -0.3 is 24.7 Å². The molecule has 0 radical (unpaired) electrons. The van der Waals surface area contributed by atoms with Gasteiger partial charge in [0.05, 0.1) is 24.4 Å². The van der Waals surface area contributed by atoms with E-state index in [-0.39, 0.29) is 42.3 Å². The number of ketones is 2. The van der Waals surface area contributed by atoms with Crippen molar-refractivity contribution in [1.29, 1.82) is 0 Å². The largest absolute Gasteiger partial charge is 0.508 e. The summed E-state index contributed by atoms with van der Waals surface area (Å²) < 4.78 is 10.9. The maximum Gasteiger partial charge on any atom is 0.411 e. The highest BCUT2D eigenvalue weighted by molar-refractivity contribution is 8.28. The Morgan fingerprint density at radius 1 is 1.23 bits per heavy atom. The van der Waals surface area contributed by atoms with Crippen molar-refractivity contribution in [2.75, 3.05) is 25.7 Å². The number of Topliss-reactive ketones (excluding diaryl/α,β-unsaturated/α-hetero) is 2. The number of aliphatic hydroxyl groups excluding tert-OH is 1. The van der Waals surface area contributed by atoms with Gasteiger partial charge in [0.1, 0.15) is 17.5 Å². The molecule has 3 aromatic rings. The average Bonchev–Trinajstić information content (AvgIpc) is 3.41. The van der Waals surface area contributed by atoms with Gasteiger partial charge in [-0.3, -0.25) is 19.9 Å². The van der Waals surface area contributed by atoms with Gasteiger partial charge in [0, 0.05) is 53.3 Å². The minimum atomic E-state index is -1.14. The van der Waals surface area contributed by atoms with Crippen molar-refractivity contribution in [1.82, 2.24) is 15.3 Å². The predicted octanol–water partition coefficient (Wildman–Crippen LogP) is 4.32. The van der Waals surface area contributed by atoms with Crippen LogP contribution in [0.15, 0.2) is 65.5 Å². The normalized spacial score (nSPS) is 16.9. The third-order valence-corrected chi connectivity index (χ3v) is 8.31. The summed E-state index contributed by atoms with van der Waals surface area (Å²) in [6.45, 7) is 1.85. The van der Waals surface area contributed by atoms with Crippen molar-refractivity contribution in [3.8, 4) is 29.4 Å². The summed E-state index contributed by atoms with van der Waals surface area (Å²) in [5.41, 5.74) is 2.28. The van der Waals surface area contributed by atoms with Crippen molar-refractivity contribution in [2.24, 2.45) is 0 Å². The predicted molar refractivity (Wildman–Crippen MR) is 185 cm³/mol. The molecule has 47 heavy (non-hydrogen) atoms. The number of H-pyrrole nitrogens is 1. The number of pyridine rings is 1. The molecule has 4 N–H and O–H groups in total. The quantitative estimate of drug-likeness (QED) is 0.133. The number of aromatic hydroxyl groups is 1. The van der Waals surface area contributed by atoms with E-state index in [4.69, 9.17) is 20.7 Å². The van der Waals surface area contributed by atoms with Crippen LogP contribution in [0.2, 0.25) is 0 Å². The van der Waals surface area contributed by atoms with Crippen molar-refractivity contribution >= 4 is 60.1 Å². The summed E-state index contributed by atoms with van der Waals surface area (Å²) in [4.78, 5) is 46.1. The standard InChI is InChI=1S/C35H35N3O7S2/c1-4-5-6-7-8-12-30(31-24(16-19-47(3)46)28(41)21-29(42)33(31)38-35(43)44-2)45-18-10-9-11-27(40)34-32-23(15-17-36-34)25-20-22(39)13-14-26(25)37-32/h6-7,13-17,20,28,30,37,39,41H,9-11,18-19,21H2,1-3H3,(H,38,43)/b7-6-,24-16-/t28-,30-,47?/m0/s1. The molecule has 1 aromatic carbocycles. The smallest absolute Gasteiger partial charge is 0.411 e. The lowest BCUT2D eigenvalue weighted by atomic mass is 9.84. The number of hydrogen-bond donors (Lipinski definition) is 4. The Hall–Kier alpha value is -4.59. The van der Waals surface area contributed by atoms with Gasteiger partial charge in [-0.2, -0.15) is 0 Å². The first-order valence-corrected chi connectivity index (χ1v) is 17.5. The van der Waals surface area contributed by atoms with E-state index in [1.54, 1.807) is 49.5 Å². The van der Waals surface area contributed by atoms with Gasteiger partial charge in [-0.05, 0) is 68.0 Å². The van der Waals surface area contributed by atoms with Crippen LogP contribution < -0.4 is 5.32 Å². The monoisotopic (exact) mass is 673 g/mol. The zero-order chi connectivity index (χ0) is 33.9. The van der Waals surface area contributed by atoms with Gasteiger partial charge in [-0.25, -0.2) is 4.79 Å². The van der Waals surface area contributed by atoms with E-state index >= 15 is 0 Å². The number of allylic oxidation sites excluding steroid dienone is 3. The van der Waals surface area contributed by atoms with Gasteiger partial charge in [0.15, 0.2) is 11.6 Å². The molecule has 0 spiro atoms. The molecule has 2 aromatic heterocycles. The molecule has 10 nitrogen and oxygen atoms in total. The number of methoxy groups -OCH3 is 1. The highest BCUT2D eigenvalue weighted by atomic mass is 32.8. The lowest BCUT2D eigenvalue weighted by Crippen LogP contribution is -2.39. The summed E-state index contributed by atoms with van der Waals surface area (Å²) in [5, 5.41) is 25.0. The van der Waals surface area contributed by atoms with Gasteiger partial charge >= 0.3 is 6.09 Å². The Morgan fingerprint density at radius 2 is 2.02 bits per heavy atom. The van der Waals surface area contributed by atoms with Crippen molar-refractivity contribution in [3.05, 3.63) is 71.2 Å². The SMILES string of the molecule is CC#C/C=C\C#C[C@H](OCCCCC(=O)c1nccc2c1[nH]c1ccc(O)cc12)C1=C(NC(=O)OC)C(=O)C[C@H](O)/C1=C/CS(C)=S. The van der Waals surface area contributed by atoms with Crippen LogP contribution in [-0.2, 0) is 34.9 Å². The summed E-state index contributed by atoms with van der Waals surface area (Å²) in [6, 6.07) is 6.77. The molecule has 0 bridgehead atoms. The Morgan fingerprint density at radius 3 is 2.77 bits per heavy atom. The molecule has 12 heteroatoms. The van der Waals surface area contributed by atoms with Crippen LogP contribution in [-0.4, -0.2) is 75.8 Å². The fourth-order valence-electron chi connectivity index (χ4n) is 5.11. The van der Waals surface area contributed by atoms with E-state index in [1.807, 2.05) is 6.26 Å². The number of rotatable bonds is 11. The lowest BCUT2D eigenvalue weighted by molar-refractivity contribution is -0.118. The fraction of sp³-hybridized carbons (Fsp3) is 0.314. The molecule has 0 fully saturated rings. The maximum absolute atomic E-state index is 13.2. The second-order valence-corrected chi connectivity index (χ2v) is 13.7. The van der Waals surface area contributed by atoms with Crippen LogP contribution >= 0.6 is 0 Å². The van der Waals surface area contributed by atoms with Crippen LogP contribution in [0.4, 0.5) is 4.79 Å². The number of amides is 1. The molecular formula is C35H35N3O7S2. The molecule has 4 rings (SSSR count). The van der Waals surface area contributed by atoms with E-state index in [0.717, 1.165) is 16.3 Å². The van der Waals surface area contributed by atoms with Gasteiger partial charge in [-0.15, -0.1) is 15.4 Å². The van der Waals surface area contributed by atoms with E-state index in [0.29, 0.717) is 35.4 Å². The summed E-state index contributed by atoms with van der Waals surface area (Å²) in [6.07, 6.45) is 6.19. The topological polar surface area (TPSA) is 151 Å². The minimum Gasteiger partial charge on any atom is -0.508 e. The number of phenols is 1. The number of aromatic nitrogens is 2. The molecule has 1 aliphatic carbocycles. The number of fused-ring (bicyclic) bond motifs is 3. The number of aliphatic hydroxyl groups is 1. The van der Waals surface area contributed by atoms with Crippen LogP contribution in [0.1, 0.15) is 43.1 Å². The Balaban J connectivity index is 1.56. The fourth-order valence-corrected chi connectivity index (χ4v) is 5.72. The molecule has 1 aliphatic rings. The molecule has 0 saturated heterocycles. The average molecular weight is 674 g/mol. The Labute approximate surface area is 279 Å². The zero-order valence-electron chi connectivity index (χ0n) is 26.2. The number of nitrogens with zero attached hydrogens (tertiary/aromatic N) is 1. The molecule has 244 valence electrons. The molecule has 3 atom stereocenters. The summed E-state index contributed by atoms with van der Waals surface area (Å²) in [5.74, 6) is 11.3. The highest BCUT2D eigenvalue weighted by Gasteiger charge is 2.35. The third-order valence-electron chi connectivity index (χ3n) is 7.27. The molecule has 1 amide bonds. The molecular weight excluding hydrogens is 639 g/mol. The van der Waals surface area contributed by atoms with E-state index in [9.17, 15) is 24.6 Å². The van der Waals surface area contributed by atoms with Gasteiger partial charge in [0.25, 0.3) is 0 Å². The second kappa shape index (κ2) is 16.8. The Bertz CT molecular complexity index is 1940. The van der Waals surface area contributed by atoms with E-state index in [1.165, 1.54) is 13.2 Å². The second-order valence-electron chi connectivity index (χ2n) is 10.5. The lowest BCUT2D eigenvalue weighted by Gasteiger charge is -2.29. The van der Waals surface area contributed by atoms with Crippen molar-refractivity contribution in [3.63, 3.8) is 0 Å². The van der Waals surface area contributed by atoms with Crippen LogP contribution in [0.25, 0.3) is 21.8 Å². The van der Waals surface area contributed by atoms with Crippen molar-refractivity contribution in [2.45, 2.75) is 44.8 Å². The number of phenolic OH excluding ortho intramolecular Hbond substituents is 1. The van der Waals surface area contributed by atoms with Crippen LogP contribution in [0.5, 0.6) is 5.75 Å². The number of carbonyl (C=O) groups excluding carboxylic acids is 3. The minimum absolute atomic E-state index is 0.0635. The summed E-state index contributed by atoms with van der Waals surface area (Å²) >= 11 is 5.35. The van der Waals surface area contributed by atoms with E-state index in [2.05, 4.69) is 39.0 Å². The molecule has 2 heterocycles. The molecule has 1 unspecified atom stereocenters. The highest BCUT2D eigenvalue weighted by Crippen LogP contribution is 2.32. The van der Waals surface area contributed by atoms with Crippen LogP contribution in [0.3, 0.4) is 0 Å². The van der Waals surface area contributed by atoms with E-state index < -0.39 is 33.5 Å². The third kappa shape index (κ3) is 9.03. The number of unbranched alkanes of at least 4 members (excludes halogenated alkanes) is 1. The van der Waals surface area contributed by atoms with Crippen molar-refractivity contribution < 1.29 is 34.1 Å². The zero-order valence-corrected chi connectivity index (χ0v) is 27.8. The summed E-state index contributed by atoms with van der Waals surface area (Å²) in [7, 11) is 0.760. The first-order valence-electron chi connectivity index (χ1n) is 14.8. The first kappa shape index (κ1) is 35.3. The number of aromatic amines is 1. The number of hydrogen-bond acceptors (Lipinski definition) is 9. The number of alkyl carbamates (subject to hydrolysis) is 1. The number of ether oxygens (including phenoxy) is 2. The molecule has 0 saturated carbocycles. The number of benzene rings is 1. The maximum atomic E-state index is 13.2. The molecule has 0 aliphatic heterocycles. The number of nitrogens with one attached hydrogen (secondary N) is 2. The Kier molecular flexibility index (Phi) is 12.6. The van der Waals surface area contributed by atoms with Gasteiger partial charge in [0.2, 0.25) is 0 Å². The van der Waals surface area contributed by atoms with Crippen LogP contribution in [0, 0.1) is 23.7 Å². The first-order chi connectivity index (χ1) is 22.6. The van der Waals surface area contributed by atoms with Gasteiger partial charge in [-0.1, -0.05) is 35.0 Å². The number of carbonyl (C=O) groups is 3.